The molecular formula is C18H28N2O3. The molecular weight excluding hydrogens is 292 g/mol. The fraction of sp³-hybridized carbons (Fsp3) is 0.667. The zero-order valence-electron chi connectivity index (χ0n) is 13.7. The number of aliphatic hydroxyl groups excluding tert-OH is 1. The molecule has 2 aliphatic rings. The van der Waals surface area contributed by atoms with E-state index >= 15 is 0 Å². The van der Waals surface area contributed by atoms with Crippen LogP contribution in [0.4, 0.5) is 0 Å². The van der Waals surface area contributed by atoms with E-state index < -0.39 is 6.10 Å². The Morgan fingerprint density at radius 3 is 2.65 bits per heavy atom. The third-order valence-electron chi connectivity index (χ3n) is 4.75. The van der Waals surface area contributed by atoms with Crippen LogP contribution in [0.2, 0.25) is 0 Å². The maximum atomic E-state index is 10.6. The molecule has 0 saturated carbocycles. The zero-order valence-corrected chi connectivity index (χ0v) is 13.7. The molecule has 0 spiro atoms. The van der Waals surface area contributed by atoms with Gasteiger partial charge in [0.05, 0.1) is 25.9 Å². The standard InChI is InChI=1S/C18H28N2O3/c21-17(18-14-22-10-11-23-18)13-20(16-6-8-19-9-7-16)12-15-4-2-1-3-5-15/h1-5,16-19,21H,6-14H2. The van der Waals surface area contributed by atoms with Gasteiger partial charge in [0, 0.05) is 19.1 Å². The highest BCUT2D eigenvalue weighted by Crippen LogP contribution is 2.18. The molecule has 1 aromatic carbocycles. The Labute approximate surface area is 138 Å². The Balaban J connectivity index is 1.63. The molecule has 0 radical (unpaired) electrons. The van der Waals surface area contributed by atoms with Gasteiger partial charge in [0.15, 0.2) is 0 Å². The zero-order chi connectivity index (χ0) is 15.9. The van der Waals surface area contributed by atoms with Crippen LogP contribution in [0.3, 0.4) is 0 Å². The number of ether oxygens (including phenoxy) is 2. The summed E-state index contributed by atoms with van der Waals surface area (Å²) in [5.74, 6) is 0. The van der Waals surface area contributed by atoms with Crippen LogP contribution in [0.15, 0.2) is 30.3 Å². The van der Waals surface area contributed by atoms with Gasteiger partial charge < -0.3 is 19.9 Å². The normalized spacial score (nSPS) is 24.7. The van der Waals surface area contributed by atoms with Crippen LogP contribution in [0.1, 0.15) is 18.4 Å². The van der Waals surface area contributed by atoms with Crippen molar-refractivity contribution in [2.24, 2.45) is 0 Å². The first-order valence-corrected chi connectivity index (χ1v) is 8.69. The van der Waals surface area contributed by atoms with Crippen LogP contribution in [0.5, 0.6) is 0 Å². The quantitative estimate of drug-likeness (QED) is 0.819. The van der Waals surface area contributed by atoms with Gasteiger partial charge in [0.1, 0.15) is 6.10 Å². The Morgan fingerprint density at radius 2 is 1.96 bits per heavy atom. The van der Waals surface area contributed by atoms with E-state index in [1.54, 1.807) is 0 Å². The summed E-state index contributed by atoms with van der Waals surface area (Å²) in [6, 6.07) is 11.0. The summed E-state index contributed by atoms with van der Waals surface area (Å²) in [6.45, 7) is 5.31. The van der Waals surface area contributed by atoms with Crippen LogP contribution in [0.25, 0.3) is 0 Å². The molecule has 2 atom stereocenters. The lowest BCUT2D eigenvalue weighted by atomic mass is 10.0. The van der Waals surface area contributed by atoms with E-state index in [0.29, 0.717) is 32.4 Å². The highest BCUT2D eigenvalue weighted by molar-refractivity contribution is 5.14. The monoisotopic (exact) mass is 320 g/mol. The van der Waals surface area contributed by atoms with E-state index in [0.717, 1.165) is 32.5 Å². The Morgan fingerprint density at radius 1 is 1.17 bits per heavy atom. The van der Waals surface area contributed by atoms with E-state index in [1.807, 2.05) is 6.07 Å². The highest BCUT2D eigenvalue weighted by atomic mass is 16.6. The Bertz CT molecular complexity index is 445. The van der Waals surface area contributed by atoms with Crippen molar-refractivity contribution in [3.05, 3.63) is 35.9 Å². The van der Waals surface area contributed by atoms with E-state index in [2.05, 4.69) is 34.5 Å². The van der Waals surface area contributed by atoms with Crippen LogP contribution < -0.4 is 5.32 Å². The van der Waals surface area contributed by atoms with Gasteiger partial charge in [-0.05, 0) is 31.5 Å². The van der Waals surface area contributed by atoms with Gasteiger partial charge in [-0.25, -0.2) is 0 Å². The molecule has 2 N–H and O–H groups in total. The summed E-state index contributed by atoms with van der Waals surface area (Å²) in [7, 11) is 0. The minimum absolute atomic E-state index is 0.205. The number of hydrogen-bond donors (Lipinski definition) is 2. The van der Waals surface area contributed by atoms with Crippen molar-refractivity contribution in [1.29, 1.82) is 0 Å². The molecule has 0 bridgehead atoms. The van der Waals surface area contributed by atoms with Gasteiger partial charge in [-0.3, -0.25) is 4.90 Å². The molecule has 1 aromatic rings. The van der Waals surface area contributed by atoms with Gasteiger partial charge in [-0.15, -0.1) is 0 Å². The first-order chi connectivity index (χ1) is 11.3. The van der Waals surface area contributed by atoms with Crippen LogP contribution in [0, 0.1) is 0 Å². The van der Waals surface area contributed by atoms with Crippen molar-refractivity contribution in [3.63, 3.8) is 0 Å². The Hall–Kier alpha value is -0.980. The van der Waals surface area contributed by atoms with E-state index in [4.69, 9.17) is 9.47 Å². The molecule has 23 heavy (non-hydrogen) atoms. The summed E-state index contributed by atoms with van der Waals surface area (Å²) in [4.78, 5) is 2.42. The predicted molar refractivity (Wildman–Crippen MR) is 89.3 cm³/mol. The highest BCUT2D eigenvalue weighted by Gasteiger charge is 2.29. The first-order valence-electron chi connectivity index (χ1n) is 8.69. The smallest absolute Gasteiger partial charge is 0.108 e. The van der Waals surface area contributed by atoms with E-state index in [-0.39, 0.29) is 6.10 Å². The molecule has 2 aliphatic heterocycles. The van der Waals surface area contributed by atoms with E-state index in [1.165, 1.54) is 5.56 Å². The van der Waals surface area contributed by atoms with Gasteiger partial charge in [-0.2, -0.15) is 0 Å². The largest absolute Gasteiger partial charge is 0.389 e. The molecule has 3 rings (SSSR count). The topological polar surface area (TPSA) is 54.0 Å². The molecule has 2 fully saturated rings. The molecule has 0 amide bonds. The van der Waals surface area contributed by atoms with Gasteiger partial charge >= 0.3 is 0 Å². The maximum absolute atomic E-state index is 10.6. The summed E-state index contributed by atoms with van der Waals surface area (Å²) >= 11 is 0. The van der Waals surface area contributed by atoms with Crippen molar-refractivity contribution < 1.29 is 14.6 Å². The van der Waals surface area contributed by atoms with Crippen molar-refractivity contribution in [2.75, 3.05) is 39.5 Å². The number of piperidine rings is 1. The van der Waals surface area contributed by atoms with Crippen LogP contribution in [-0.4, -0.2) is 67.7 Å². The van der Waals surface area contributed by atoms with Crippen LogP contribution >= 0.6 is 0 Å². The fourth-order valence-electron chi connectivity index (χ4n) is 3.42. The lowest BCUT2D eigenvalue weighted by Crippen LogP contribution is -2.50. The number of hydrogen-bond acceptors (Lipinski definition) is 5. The Kier molecular flexibility index (Phi) is 6.42. The lowest BCUT2D eigenvalue weighted by molar-refractivity contribution is -0.138. The number of benzene rings is 1. The van der Waals surface area contributed by atoms with Crippen molar-refractivity contribution in [2.45, 2.75) is 37.6 Å². The minimum atomic E-state index is -0.506. The molecule has 5 nitrogen and oxygen atoms in total. The predicted octanol–water partition coefficient (Wildman–Crippen LogP) is 1.02. The maximum Gasteiger partial charge on any atom is 0.108 e. The van der Waals surface area contributed by atoms with Gasteiger partial charge in [0.25, 0.3) is 0 Å². The summed E-state index contributed by atoms with van der Waals surface area (Å²) in [5, 5.41) is 14.0. The SMILES string of the molecule is OC(CN(Cc1ccccc1)C1CCNCC1)C1COCCO1. The number of nitrogens with one attached hydrogen (secondary N) is 1. The third-order valence-corrected chi connectivity index (χ3v) is 4.75. The summed E-state index contributed by atoms with van der Waals surface area (Å²) in [6.07, 6.45) is 1.54. The lowest BCUT2D eigenvalue weighted by Gasteiger charge is -2.38. The van der Waals surface area contributed by atoms with Gasteiger partial charge in [0.2, 0.25) is 0 Å². The van der Waals surface area contributed by atoms with E-state index in [9.17, 15) is 5.11 Å². The molecule has 0 aliphatic carbocycles. The number of aliphatic hydroxyl groups is 1. The van der Waals surface area contributed by atoms with Crippen LogP contribution in [-0.2, 0) is 16.0 Å². The fourth-order valence-corrected chi connectivity index (χ4v) is 3.42. The second kappa shape index (κ2) is 8.76. The third kappa shape index (κ3) is 4.99. The van der Waals surface area contributed by atoms with Crippen molar-refractivity contribution in [3.8, 4) is 0 Å². The molecule has 2 heterocycles. The van der Waals surface area contributed by atoms with Crippen molar-refractivity contribution >= 4 is 0 Å². The second-order valence-corrected chi connectivity index (χ2v) is 6.45. The molecule has 128 valence electrons. The van der Waals surface area contributed by atoms with Gasteiger partial charge in [-0.1, -0.05) is 30.3 Å². The average Bonchev–Trinajstić information content (AvgIpc) is 2.63. The molecule has 5 heteroatoms. The van der Waals surface area contributed by atoms with Crippen molar-refractivity contribution in [1.82, 2.24) is 10.2 Å². The molecule has 2 unspecified atom stereocenters. The summed E-state index contributed by atoms with van der Waals surface area (Å²) in [5.41, 5.74) is 1.29. The minimum Gasteiger partial charge on any atom is -0.389 e. The second-order valence-electron chi connectivity index (χ2n) is 6.45. The first kappa shape index (κ1) is 16.9. The molecule has 2 saturated heterocycles. The molecule has 0 aromatic heterocycles. The number of rotatable bonds is 6. The number of nitrogens with zero attached hydrogens (tertiary/aromatic N) is 1. The average molecular weight is 320 g/mol. The summed E-state index contributed by atoms with van der Waals surface area (Å²) < 4.78 is 11.1.